The Hall–Kier alpha value is -2.02. The van der Waals surface area contributed by atoms with Gasteiger partial charge in [0.1, 0.15) is 5.75 Å². The molecule has 7 heteroatoms. The van der Waals surface area contributed by atoms with E-state index in [2.05, 4.69) is 15.2 Å². The first-order valence-electron chi connectivity index (χ1n) is 7.05. The average Bonchev–Trinajstić information content (AvgIpc) is 3.06. The molecule has 1 atom stereocenters. The Balaban J connectivity index is 1.81. The summed E-state index contributed by atoms with van der Waals surface area (Å²) in [6.45, 7) is 3.85. The van der Waals surface area contributed by atoms with Crippen LogP contribution in [0.15, 0.2) is 30.3 Å². The number of ether oxygens (including phenoxy) is 1. The highest BCUT2D eigenvalue weighted by Gasteiger charge is 2.31. The second-order valence-corrected chi connectivity index (χ2v) is 5.33. The van der Waals surface area contributed by atoms with Crippen molar-refractivity contribution in [3.8, 4) is 17.0 Å². The molecule has 2 heterocycles. The number of hydrogen-bond acceptors (Lipinski definition) is 3. The molecule has 3 rings (SSSR count). The van der Waals surface area contributed by atoms with Gasteiger partial charge in [-0.3, -0.25) is 4.68 Å². The van der Waals surface area contributed by atoms with Crippen molar-refractivity contribution < 1.29 is 17.9 Å². The zero-order chi connectivity index (χ0) is 15.7. The quantitative estimate of drug-likeness (QED) is 0.945. The summed E-state index contributed by atoms with van der Waals surface area (Å²) in [5.41, 5.74) is 2.56. The zero-order valence-corrected chi connectivity index (χ0v) is 12.0. The van der Waals surface area contributed by atoms with Gasteiger partial charge < -0.3 is 10.1 Å². The van der Waals surface area contributed by atoms with E-state index in [1.165, 1.54) is 12.1 Å². The van der Waals surface area contributed by atoms with Crippen LogP contribution in [0, 0.1) is 6.92 Å². The third-order valence-electron chi connectivity index (χ3n) is 3.69. The van der Waals surface area contributed by atoms with Crippen LogP contribution in [0.2, 0.25) is 0 Å². The first-order chi connectivity index (χ1) is 10.4. The first-order valence-corrected chi connectivity index (χ1v) is 7.05. The maximum atomic E-state index is 12.1. The Morgan fingerprint density at radius 2 is 2.00 bits per heavy atom. The summed E-state index contributed by atoms with van der Waals surface area (Å²) in [5, 5.41) is 7.87. The predicted octanol–water partition coefficient (Wildman–Crippen LogP) is 3.29. The first kappa shape index (κ1) is 14.9. The number of nitrogens with zero attached hydrogens (tertiary/aromatic N) is 2. The van der Waals surface area contributed by atoms with Gasteiger partial charge in [0.15, 0.2) is 0 Å². The van der Waals surface area contributed by atoms with Crippen molar-refractivity contribution in [2.45, 2.75) is 25.7 Å². The van der Waals surface area contributed by atoms with Crippen LogP contribution < -0.4 is 10.1 Å². The topological polar surface area (TPSA) is 39.1 Å². The minimum absolute atomic E-state index is 0.229. The van der Waals surface area contributed by atoms with Crippen LogP contribution in [-0.2, 0) is 0 Å². The van der Waals surface area contributed by atoms with Crippen molar-refractivity contribution in [1.82, 2.24) is 15.1 Å². The summed E-state index contributed by atoms with van der Waals surface area (Å²) >= 11 is 0. The molecule has 1 unspecified atom stereocenters. The van der Waals surface area contributed by atoms with Gasteiger partial charge in [-0.2, -0.15) is 5.10 Å². The van der Waals surface area contributed by atoms with Crippen molar-refractivity contribution in [3.05, 3.63) is 36.0 Å². The lowest BCUT2D eigenvalue weighted by molar-refractivity contribution is -0.274. The van der Waals surface area contributed by atoms with Crippen molar-refractivity contribution in [3.63, 3.8) is 0 Å². The van der Waals surface area contributed by atoms with E-state index in [-0.39, 0.29) is 5.75 Å². The summed E-state index contributed by atoms with van der Waals surface area (Å²) < 4.78 is 42.3. The summed E-state index contributed by atoms with van der Waals surface area (Å²) in [6, 6.07) is 8.04. The van der Waals surface area contributed by atoms with E-state index < -0.39 is 6.36 Å². The number of benzene rings is 1. The van der Waals surface area contributed by atoms with E-state index >= 15 is 0 Å². The Labute approximate surface area is 125 Å². The summed E-state index contributed by atoms with van der Waals surface area (Å²) in [4.78, 5) is 0. The molecule has 22 heavy (non-hydrogen) atoms. The molecule has 2 aromatic rings. The van der Waals surface area contributed by atoms with Crippen molar-refractivity contribution in [1.29, 1.82) is 0 Å². The number of aromatic nitrogens is 2. The standard InChI is InChI=1S/C15H16F3N3O/c1-10-8-14(20-21(10)12-6-7-19-9-12)11-2-4-13(5-3-11)22-15(16,17)18/h2-5,8,12,19H,6-7,9H2,1H3. The van der Waals surface area contributed by atoms with Crippen LogP contribution in [0.1, 0.15) is 18.2 Å². The van der Waals surface area contributed by atoms with Crippen LogP contribution >= 0.6 is 0 Å². The van der Waals surface area contributed by atoms with Crippen LogP contribution in [-0.4, -0.2) is 29.2 Å². The number of aryl methyl sites for hydroxylation is 1. The lowest BCUT2D eigenvalue weighted by atomic mass is 10.1. The molecule has 0 spiro atoms. The van der Waals surface area contributed by atoms with Crippen LogP contribution in [0.5, 0.6) is 5.75 Å². The molecule has 1 aliphatic rings. The molecule has 0 saturated carbocycles. The Morgan fingerprint density at radius 1 is 1.27 bits per heavy atom. The number of hydrogen-bond donors (Lipinski definition) is 1. The minimum Gasteiger partial charge on any atom is -0.406 e. The lowest BCUT2D eigenvalue weighted by Crippen LogP contribution is -2.17. The van der Waals surface area contributed by atoms with Crippen LogP contribution in [0.4, 0.5) is 13.2 Å². The number of rotatable bonds is 3. The maximum Gasteiger partial charge on any atom is 0.573 e. The third kappa shape index (κ3) is 3.24. The fraction of sp³-hybridized carbons (Fsp3) is 0.400. The molecule has 0 bridgehead atoms. The van der Waals surface area contributed by atoms with Gasteiger partial charge in [-0.25, -0.2) is 0 Å². The fourth-order valence-electron chi connectivity index (χ4n) is 2.67. The largest absolute Gasteiger partial charge is 0.573 e. The second kappa shape index (κ2) is 5.64. The molecule has 0 radical (unpaired) electrons. The molecule has 4 nitrogen and oxygen atoms in total. The highest BCUT2D eigenvalue weighted by molar-refractivity contribution is 5.60. The molecular weight excluding hydrogens is 295 g/mol. The highest BCUT2D eigenvalue weighted by atomic mass is 19.4. The van der Waals surface area contributed by atoms with E-state index in [0.29, 0.717) is 6.04 Å². The van der Waals surface area contributed by atoms with Crippen molar-refractivity contribution in [2.24, 2.45) is 0 Å². The minimum atomic E-state index is -4.67. The van der Waals surface area contributed by atoms with Gasteiger partial charge in [0, 0.05) is 17.8 Å². The second-order valence-electron chi connectivity index (χ2n) is 5.33. The summed E-state index contributed by atoms with van der Waals surface area (Å²) in [5.74, 6) is -0.229. The zero-order valence-electron chi connectivity index (χ0n) is 12.0. The number of alkyl halides is 3. The van der Waals surface area contributed by atoms with Gasteiger partial charge in [-0.1, -0.05) is 0 Å². The fourth-order valence-corrected chi connectivity index (χ4v) is 2.67. The molecule has 1 fully saturated rings. The molecule has 1 aliphatic heterocycles. The van der Waals surface area contributed by atoms with Crippen LogP contribution in [0.3, 0.4) is 0 Å². The predicted molar refractivity (Wildman–Crippen MR) is 75.6 cm³/mol. The Morgan fingerprint density at radius 3 is 2.59 bits per heavy atom. The van der Waals surface area contributed by atoms with E-state index in [1.807, 2.05) is 17.7 Å². The van der Waals surface area contributed by atoms with E-state index in [1.54, 1.807) is 12.1 Å². The van der Waals surface area contributed by atoms with Crippen LogP contribution in [0.25, 0.3) is 11.3 Å². The van der Waals surface area contributed by atoms with E-state index in [9.17, 15) is 13.2 Å². The van der Waals surface area contributed by atoms with E-state index in [4.69, 9.17) is 0 Å². The monoisotopic (exact) mass is 311 g/mol. The molecule has 0 aliphatic carbocycles. The average molecular weight is 311 g/mol. The molecule has 1 aromatic carbocycles. The maximum absolute atomic E-state index is 12.1. The highest BCUT2D eigenvalue weighted by Crippen LogP contribution is 2.27. The van der Waals surface area contributed by atoms with E-state index in [0.717, 1.165) is 36.5 Å². The number of halogens is 3. The Bertz CT molecular complexity index is 643. The Kier molecular flexibility index (Phi) is 3.82. The number of nitrogens with one attached hydrogen (secondary N) is 1. The van der Waals surface area contributed by atoms with Gasteiger partial charge in [-0.15, -0.1) is 13.2 Å². The van der Waals surface area contributed by atoms with Crippen molar-refractivity contribution >= 4 is 0 Å². The van der Waals surface area contributed by atoms with Gasteiger partial charge in [0.25, 0.3) is 0 Å². The normalized spacial score (nSPS) is 18.6. The third-order valence-corrected chi connectivity index (χ3v) is 3.69. The molecule has 0 amide bonds. The summed E-state index contributed by atoms with van der Waals surface area (Å²) in [7, 11) is 0. The molecule has 1 aromatic heterocycles. The molecule has 118 valence electrons. The molecule has 1 saturated heterocycles. The molecule has 1 N–H and O–H groups in total. The lowest BCUT2D eigenvalue weighted by Gasteiger charge is -2.11. The smallest absolute Gasteiger partial charge is 0.406 e. The summed E-state index contributed by atoms with van der Waals surface area (Å²) in [6.07, 6.45) is -3.64. The van der Waals surface area contributed by atoms with Crippen molar-refractivity contribution in [2.75, 3.05) is 13.1 Å². The van der Waals surface area contributed by atoms with Gasteiger partial charge in [-0.05, 0) is 50.2 Å². The SMILES string of the molecule is Cc1cc(-c2ccc(OC(F)(F)F)cc2)nn1C1CCNC1. The molecular formula is C15H16F3N3O. The van der Waals surface area contributed by atoms with Gasteiger partial charge in [0.2, 0.25) is 0 Å². The van der Waals surface area contributed by atoms with Gasteiger partial charge >= 0.3 is 6.36 Å². The van der Waals surface area contributed by atoms with Gasteiger partial charge in [0.05, 0.1) is 11.7 Å².